The Hall–Kier alpha value is -2.14. The lowest BCUT2D eigenvalue weighted by Crippen LogP contribution is -2.48. The fraction of sp³-hybridized carbons (Fsp3) is 0.444. The molecule has 120 valence electrons. The number of carbonyl (C=O) groups is 1. The fourth-order valence-corrected chi connectivity index (χ4v) is 4.00. The van der Waals surface area contributed by atoms with Crippen LogP contribution < -0.4 is 16.3 Å². The van der Waals surface area contributed by atoms with Gasteiger partial charge in [-0.25, -0.2) is 4.79 Å². The molecule has 2 bridgehead atoms. The lowest BCUT2D eigenvalue weighted by Gasteiger charge is -2.29. The zero-order chi connectivity index (χ0) is 16.0. The molecule has 2 fully saturated rings. The first kappa shape index (κ1) is 14.5. The summed E-state index contributed by atoms with van der Waals surface area (Å²) in [5.41, 5.74) is 0.780. The molecule has 0 spiro atoms. The summed E-state index contributed by atoms with van der Waals surface area (Å²) in [6, 6.07) is 8.43. The molecule has 3 heterocycles. The molecular formula is C18H20N2O3. The molecule has 2 saturated heterocycles. The number of nitrogens with one attached hydrogen (secondary N) is 2. The van der Waals surface area contributed by atoms with E-state index in [1.165, 1.54) is 12.8 Å². The molecule has 0 aliphatic carbocycles. The second-order valence-electron chi connectivity index (χ2n) is 6.67. The second-order valence-corrected chi connectivity index (χ2v) is 6.67. The van der Waals surface area contributed by atoms with Gasteiger partial charge in [0.25, 0.3) is 5.91 Å². The number of rotatable bonds is 2. The van der Waals surface area contributed by atoms with Crippen molar-refractivity contribution in [3.05, 3.63) is 45.8 Å². The Bertz CT molecular complexity index is 815. The van der Waals surface area contributed by atoms with Gasteiger partial charge in [-0.2, -0.15) is 0 Å². The van der Waals surface area contributed by atoms with Crippen LogP contribution in [0.2, 0.25) is 0 Å². The van der Waals surface area contributed by atoms with Crippen molar-refractivity contribution < 1.29 is 9.21 Å². The van der Waals surface area contributed by atoms with E-state index in [1.807, 2.05) is 18.2 Å². The molecule has 2 aliphatic heterocycles. The highest BCUT2D eigenvalue weighted by Crippen LogP contribution is 2.27. The molecular weight excluding hydrogens is 292 g/mol. The zero-order valence-corrected chi connectivity index (χ0v) is 13.1. The largest absolute Gasteiger partial charge is 0.422 e. The van der Waals surface area contributed by atoms with Crippen molar-refractivity contribution >= 4 is 16.9 Å². The second kappa shape index (κ2) is 5.49. The van der Waals surface area contributed by atoms with Gasteiger partial charge in [0, 0.05) is 23.5 Å². The summed E-state index contributed by atoms with van der Waals surface area (Å²) < 4.78 is 5.31. The van der Waals surface area contributed by atoms with Crippen LogP contribution >= 0.6 is 0 Å². The van der Waals surface area contributed by atoms with Crippen molar-refractivity contribution in [3.63, 3.8) is 0 Å². The molecule has 1 amide bonds. The van der Waals surface area contributed by atoms with Crippen LogP contribution in [0.1, 0.15) is 41.6 Å². The van der Waals surface area contributed by atoms with E-state index < -0.39 is 5.63 Å². The fourth-order valence-electron chi connectivity index (χ4n) is 4.00. The number of fused-ring (bicyclic) bond motifs is 3. The highest BCUT2D eigenvalue weighted by Gasteiger charge is 2.34. The molecule has 2 aromatic rings. The molecule has 4 rings (SSSR count). The lowest BCUT2D eigenvalue weighted by atomic mass is 9.99. The minimum absolute atomic E-state index is 0.131. The first-order valence-electron chi connectivity index (χ1n) is 8.21. The van der Waals surface area contributed by atoms with Crippen LogP contribution in [0.3, 0.4) is 0 Å². The molecule has 0 saturated carbocycles. The zero-order valence-electron chi connectivity index (χ0n) is 13.1. The number of aryl methyl sites for hydroxylation is 1. The standard InChI is InChI=1S/C18H20N2O3/c1-10-14-4-2-3-5-15(14)23-18(22)16(10)17(21)20-13-8-11-6-7-12(9-13)19-11/h2-5,11-13,19H,6-9H2,1H3,(H,20,21). The number of benzene rings is 1. The monoisotopic (exact) mass is 312 g/mol. The minimum Gasteiger partial charge on any atom is -0.422 e. The van der Waals surface area contributed by atoms with Gasteiger partial charge in [-0.3, -0.25) is 4.79 Å². The van der Waals surface area contributed by atoms with Gasteiger partial charge in [-0.1, -0.05) is 18.2 Å². The highest BCUT2D eigenvalue weighted by molar-refractivity contribution is 5.99. The van der Waals surface area contributed by atoms with Crippen LogP contribution in [0.15, 0.2) is 33.5 Å². The van der Waals surface area contributed by atoms with Gasteiger partial charge in [0.1, 0.15) is 11.1 Å². The van der Waals surface area contributed by atoms with Gasteiger partial charge in [0.05, 0.1) is 0 Å². The quantitative estimate of drug-likeness (QED) is 0.833. The molecule has 2 atom stereocenters. The SMILES string of the molecule is Cc1c(C(=O)NC2CC3CCC(C2)N3)c(=O)oc2ccccc12. The molecule has 2 aliphatic rings. The molecule has 1 aromatic heterocycles. The predicted octanol–water partition coefficient (Wildman–Crippen LogP) is 2.11. The van der Waals surface area contributed by atoms with Crippen molar-refractivity contribution in [2.45, 2.75) is 50.7 Å². The van der Waals surface area contributed by atoms with Crippen molar-refractivity contribution in [3.8, 4) is 0 Å². The number of piperidine rings is 1. The lowest BCUT2D eigenvalue weighted by molar-refractivity contribution is 0.0920. The highest BCUT2D eigenvalue weighted by atomic mass is 16.4. The summed E-state index contributed by atoms with van der Waals surface area (Å²) in [6.07, 6.45) is 4.21. The van der Waals surface area contributed by atoms with Gasteiger partial charge < -0.3 is 15.1 Å². The molecule has 1 aromatic carbocycles. The molecule has 5 heteroatoms. The maximum Gasteiger partial charge on any atom is 0.349 e. The van der Waals surface area contributed by atoms with Gasteiger partial charge in [0.15, 0.2) is 0 Å². The third kappa shape index (κ3) is 2.55. The van der Waals surface area contributed by atoms with E-state index in [1.54, 1.807) is 13.0 Å². The van der Waals surface area contributed by atoms with Gasteiger partial charge >= 0.3 is 5.63 Å². The summed E-state index contributed by atoms with van der Waals surface area (Å²) in [4.78, 5) is 24.9. The van der Waals surface area contributed by atoms with E-state index >= 15 is 0 Å². The molecule has 2 unspecified atom stereocenters. The number of amides is 1. The van der Waals surface area contributed by atoms with E-state index in [4.69, 9.17) is 4.42 Å². The number of hydrogen-bond acceptors (Lipinski definition) is 4. The number of carbonyl (C=O) groups excluding carboxylic acids is 1. The van der Waals surface area contributed by atoms with Crippen LogP contribution in [0.4, 0.5) is 0 Å². The van der Waals surface area contributed by atoms with Gasteiger partial charge in [-0.05, 0) is 44.2 Å². The number of para-hydroxylation sites is 1. The van der Waals surface area contributed by atoms with Crippen LogP contribution in [0.25, 0.3) is 11.0 Å². The number of hydrogen-bond donors (Lipinski definition) is 2. The van der Waals surface area contributed by atoms with Crippen LogP contribution in [-0.2, 0) is 0 Å². The normalized spacial score (nSPS) is 26.4. The van der Waals surface area contributed by atoms with E-state index in [-0.39, 0.29) is 17.5 Å². The maximum atomic E-state index is 12.6. The third-order valence-corrected chi connectivity index (χ3v) is 5.11. The summed E-state index contributed by atoms with van der Waals surface area (Å²) in [5, 5.41) is 7.40. The third-order valence-electron chi connectivity index (χ3n) is 5.11. The van der Waals surface area contributed by atoms with Crippen LogP contribution in [0, 0.1) is 6.92 Å². The summed E-state index contributed by atoms with van der Waals surface area (Å²) in [5.74, 6) is -0.312. The Labute approximate surface area is 134 Å². The van der Waals surface area contributed by atoms with E-state index in [0.717, 1.165) is 18.2 Å². The van der Waals surface area contributed by atoms with E-state index in [0.29, 0.717) is 23.2 Å². The molecule has 5 nitrogen and oxygen atoms in total. The molecule has 23 heavy (non-hydrogen) atoms. The van der Waals surface area contributed by atoms with E-state index in [2.05, 4.69) is 10.6 Å². The van der Waals surface area contributed by atoms with E-state index in [9.17, 15) is 9.59 Å². The molecule has 2 N–H and O–H groups in total. The topological polar surface area (TPSA) is 71.3 Å². The Morgan fingerprint density at radius 2 is 1.91 bits per heavy atom. The van der Waals surface area contributed by atoms with Crippen molar-refractivity contribution in [1.29, 1.82) is 0 Å². The first-order valence-corrected chi connectivity index (χ1v) is 8.21. The summed E-state index contributed by atoms with van der Waals surface area (Å²) in [7, 11) is 0. The first-order chi connectivity index (χ1) is 11.1. The van der Waals surface area contributed by atoms with Crippen LogP contribution in [-0.4, -0.2) is 24.0 Å². The summed E-state index contributed by atoms with van der Waals surface area (Å²) in [6.45, 7) is 1.81. The van der Waals surface area contributed by atoms with Gasteiger partial charge in [0.2, 0.25) is 0 Å². The minimum atomic E-state index is -0.560. The van der Waals surface area contributed by atoms with Crippen molar-refractivity contribution in [1.82, 2.24) is 10.6 Å². The summed E-state index contributed by atoms with van der Waals surface area (Å²) >= 11 is 0. The maximum absolute atomic E-state index is 12.6. The van der Waals surface area contributed by atoms with Crippen LogP contribution in [0.5, 0.6) is 0 Å². The Balaban J connectivity index is 1.63. The van der Waals surface area contributed by atoms with Gasteiger partial charge in [-0.15, -0.1) is 0 Å². The molecule has 0 radical (unpaired) electrons. The Morgan fingerprint density at radius 3 is 2.65 bits per heavy atom. The van der Waals surface area contributed by atoms with Crippen molar-refractivity contribution in [2.24, 2.45) is 0 Å². The van der Waals surface area contributed by atoms with Crippen molar-refractivity contribution in [2.75, 3.05) is 0 Å². The Morgan fingerprint density at radius 1 is 1.22 bits per heavy atom. The average Bonchev–Trinajstić information content (AvgIpc) is 2.86. The average molecular weight is 312 g/mol. The Kier molecular flexibility index (Phi) is 3.45. The predicted molar refractivity (Wildman–Crippen MR) is 87.7 cm³/mol. The smallest absolute Gasteiger partial charge is 0.349 e.